The van der Waals surface area contributed by atoms with E-state index in [4.69, 9.17) is 5.11 Å². The van der Waals surface area contributed by atoms with Gasteiger partial charge in [-0.2, -0.15) is 0 Å². The smallest absolute Gasteiger partial charge is 0.0576 e. The van der Waals surface area contributed by atoms with E-state index >= 15 is 0 Å². The van der Waals surface area contributed by atoms with Crippen LogP contribution < -0.4 is 5.32 Å². The first kappa shape index (κ1) is 15.7. The minimum absolute atomic E-state index is 0.255. The SMILES string of the molecule is OCCCCCCNC(c1ccccc1)c1ccccc1. The summed E-state index contributed by atoms with van der Waals surface area (Å²) in [7, 11) is 0. The largest absolute Gasteiger partial charge is 0.396 e. The van der Waals surface area contributed by atoms with E-state index in [1.807, 2.05) is 0 Å². The zero-order chi connectivity index (χ0) is 14.8. The van der Waals surface area contributed by atoms with E-state index < -0.39 is 0 Å². The molecule has 0 bridgehead atoms. The van der Waals surface area contributed by atoms with Gasteiger partial charge in [0.15, 0.2) is 0 Å². The minimum Gasteiger partial charge on any atom is -0.396 e. The summed E-state index contributed by atoms with van der Waals surface area (Å²) in [4.78, 5) is 0. The van der Waals surface area contributed by atoms with E-state index in [0.717, 1.165) is 25.8 Å². The lowest BCUT2D eigenvalue weighted by molar-refractivity contribution is 0.282. The molecule has 2 rings (SSSR count). The van der Waals surface area contributed by atoms with Gasteiger partial charge in [0.1, 0.15) is 0 Å². The monoisotopic (exact) mass is 283 g/mol. The van der Waals surface area contributed by atoms with Crippen molar-refractivity contribution in [2.75, 3.05) is 13.2 Å². The van der Waals surface area contributed by atoms with Crippen LogP contribution in [0, 0.1) is 0 Å². The Labute approximate surface area is 127 Å². The Balaban J connectivity index is 1.94. The summed E-state index contributed by atoms with van der Waals surface area (Å²) >= 11 is 0. The summed E-state index contributed by atoms with van der Waals surface area (Å²) in [5.74, 6) is 0. The predicted octanol–water partition coefficient (Wildman–Crippen LogP) is 3.92. The molecule has 0 radical (unpaired) electrons. The van der Waals surface area contributed by atoms with Crippen LogP contribution in [0.15, 0.2) is 60.7 Å². The molecule has 0 aliphatic rings. The van der Waals surface area contributed by atoms with Crippen molar-refractivity contribution in [1.82, 2.24) is 5.32 Å². The topological polar surface area (TPSA) is 32.3 Å². The minimum atomic E-state index is 0.255. The fraction of sp³-hybridized carbons (Fsp3) is 0.368. The van der Waals surface area contributed by atoms with Crippen molar-refractivity contribution in [2.45, 2.75) is 31.7 Å². The molecule has 0 amide bonds. The van der Waals surface area contributed by atoms with Crippen molar-refractivity contribution in [3.63, 3.8) is 0 Å². The lowest BCUT2D eigenvalue weighted by atomic mass is 9.98. The molecule has 0 unspecified atom stereocenters. The molecular weight excluding hydrogens is 258 g/mol. The average molecular weight is 283 g/mol. The summed E-state index contributed by atoms with van der Waals surface area (Å²) in [6.07, 6.45) is 4.35. The molecule has 2 heteroatoms. The van der Waals surface area contributed by atoms with Crippen LogP contribution in [0.4, 0.5) is 0 Å². The Morgan fingerprint density at radius 1 is 0.714 bits per heavy atom. The van der Waals surface area contributed by atoms with E-state index in [9.17, 15) is 0 Å². The van der Waals surface area contributed by atoms with Crippen LogP contribution >= 0.6 is 0 Å². The molecule has 2 N–H and O–H groups in total. The highest BCUT2D eigenvalue weighted by atomic mass is 16.2. The first-order chi connectivity index (χ1) is 10.4. The van der Waals surface area contributed by atoms with Gasteiger partial charge < -0.3 is 10.4 Å². The lowest BCUT2D eigenvalue weighted by Gasteiger charge is -2.20. The third-order valence-corrected chi connectivity index (χ3v) is 3.70. The molecule has 2 nitrogen and oxygen atoms in total. The van der Waals surface area contributed by atoms with E-state index in [2.05, 4.69) is 66.0 Å². The third kappa shape index (κ3) is 5.33. The maximum Gasteiger partial charge on any atom is 0.0576 e. The second-order valence-electron chi connectivity index (χ2n) is 5.35. The molecule has 0 aliphatic carbocycles. The quantitative estimate of drug-likeness (QED) is 0.684. The standard InChI is InChI=1S/C19H25NO/c21-16-10-2-1-9-15-20-19(17-11-5-3-6-12-17)18-13-7-4-8-14-18/h3-8,11-14,19-21H,1-2,9-10,15-16H2. The number of rotatable bonds is 9. The van der Waals surface area contributed by atoms with Crippen LogP contribution in [0.1, 0.15) is 42.9 Å². The van der Waals surface area contributed by atoms with Gasteiger partial charge in [0.2, 0.25) is 0 Å². The van der Waals surface area contributed by atoms with Crippen LogP contribution in [0.5, 0.6) is 0 Å². The highest BCUT2D eigenvalue weighted by Crippen LogP contribution is 2.21. The molecule has 0 spiro atoms. The average Bonchev–Trinajstić information content (AvgIpc) is 2.56. The maximum atomic E-state index is 8.79. The summed E-state index contributed by atoms with van der Waals surface area (Å²) in [6, 6.07) is 21.4. The van der Waals surface area contributed by atoms with Gasteiger partial charge in [-0.15, -0.1) is 0 Å². The summed E-state index contributed by atoms with van der Waals surface area (Å²) in [5.41, 5.74) is 2.61. The van der Waals surface area contributed by atoms with Crippen LogP contribution in [0.2, 0.25) is 0 Å². The van der Waals surface area contributed by atoms with Crippen molar-refractivity contribution < 1.29 is 5.11 Å². The van der Waals surface area contributed by atoms with Crippen LogP contribution in [-0.2, 0) is 0 Å². The van der Waals surface area contributed by atoms with Crippen molar-refractivity contribution in [3.05, 3.63) is 71.8 Å². The fourth-order valence-electron chi connectivity index (χ4n) is 2.56. The van der Waals surface area contributed by atoms with E-state index in [-0.39, 0.29) is 6.04 Å². The highest BCUT2D eigenvalue weighted by Gasteiger charge is 2.12. The van der Waals surface area contributed by atoms with Crippen LogP contribution in [0.3, 0.4) is 0 Å². The van der Waals surface area contributed by atoms with Crippen molar-refractivity contribution in [3.8, 4) is 0 Å². The molecule has 0 aliphatic heterocycles. The van der Waals surface area contributed by atoms with E-state index in [1.165, 1.54) is 17.5 Å². The number of aliphatic hydroxyl groups excluding tert-OH is 1. The van der Waals surface area contributed by atoms with Gasteiger partial charge in [-0.25, -0.2) is 0 Å². The number of aliphatic hydroxyl groups is 1. The van der Waals surface area contributed by atoms with Crippen LogP contribution in [0.25, 0.3) is 0 Å². The second-order valence-corrected chi connectivity index (χ2v) is 5.35. The zero-order valence-corrected chi connectivity index (χ0v) is 12.5. The molecule has 21 heavy (non-hydrogen) atoms. The van der Waals surface area contributed by atoms with Crippen molar-refractivity contribution in [1.29, 1.82) is 0 Å². The Morgan fingerprint density at radius 2 is 1.24 bits per heavy atom. The molecule has 112 valence electrons. The predicted molar refractivity (Wildman–Crippen MR) is 88.3 cm³/mol. The molecule has 2 aromatic carbocycles. The molecule has 0 heterocycles. The number of hydrogen-bond donors (Lipinski definition) is 2. The molecule has 2 aromatic rings. The molecule has 0 saturated heterocycles. The molecule has 0 fully saturated rings. The van der Waals surface area contributed by atoms with Gasteiger partial charge in [0, 0.05) is 6.61 Å². The summed E-state index contributed by atoms with van der Waals surface area (Å²) in [5, 5.41) is 12.5. The number of benzene rings is 2. The van der Waals surface area contributed by atoms with Gasteiger partial charge in [-0.1, -0.05) is 73.5 Å². The summed E-state index contributed by atoms with van der Waals surface area (Å²) < 4.78 is 0. The van der Waals surface area contributed by atoms with Gasteiger partial charge in [0.25, 0.3) is 0 Å². The van der Waals surface area contributed by atoms with E-state index in [0.29, 0.717) is 6.61 Å². The number of nitrogens with one attached hydrogen (secondary N) is 1. The Kier molecular flexibility index (Phi) is 6.99. The fourth-order valence-corrected chi connectivity index (χ4v) is 2.56. The summed E-state index contributed by atoms with van der Waals surface area (Å²) in [6.45, 7) is 1.31. The molecule has 0 saturated carbocycles. The highest BCUT2D eigenvalue weighted by molar-refractivity contribution is 5.31. The maximum absolute atomic E-state index is 8.79. The number of hydrogen-bond acceptors (Lipinski definition) is 2. The van der Waals surface area contributed by atoms with Crippen LogP contribution in [-0.4, -0.2) is 18.3 Å². The van der Waals surface area contributed by atoms with Gasteiger partial charge in [0.05, 0.1) is 6.04 Å². The van der Waals surface area contributed by atoms with Gasteiger partial charge >= 0.3 is 0 Å². The normalized spacial score (nSPS) is 11.0. The molecular formula is C19H25NO. The van der Waals surface area contributed by atoms with Crippen molar-refractivity contribution >= 4 is 0 Å². The first-order valence-corrected chi connectivity index (χ1v) is 7.86. The Morgan fingerprint density at radius 3 is 1.76 bits per heavy atom. The third-order valence-electron chi connectivity index (χ3n) is 3.70. The number of unbranched alkanes of at least 4 members (excludes halogenated alkanes) is 3. The lowest BCUT2D eigenvalue weighted by Crippen LogP contribution is -2.23. The Bertz CT molecular complexity index is 444. The molecule has 0 aromatic heterocycles. The first-order valence-electron chi connectivity index (χ1n) is 7.86. The van der Waals surface area contributed by atoms with Gasteiger partial charge in [-0.05, 0) is 30.5 Å². The van der Waals surface area contributed by atoms with E-state index in [1.54, 1.807) is 0 Å². The zero-order valence-electron chi connectivity index (χ0n) is 12.5. The molecule has 0 atom stereocenters. The van der Waals surface area contributed by atoms with Crippen molar-refractivity contribution in [2.24, 2.45) is 0 Å². The Hall–Kier alpha value is -1.64. The second kappa shape index (κ2) is 9.32. The van der Waals surface area contributed by atoms with Gasteiger partial charge in [-0.3, -0.25) is 0 Å².